The zero-order valence-electron chi connectivity index (χ0n) is 8.37. The van der Waals surface area contributed by atoms with Crippen LogP contribution in [0.1, 0.15) is 11.1 Å². The molecule has 0 N–H and O–H groups in total. The fraction of sp³-hybridized carbons (Fsp3) is 0.0769. The Kier molecular flexibility index (Phi) is 3.32. The molecular formula is C13H8Cl2Zr. The molecule has 0 unspecified atom stereocenters. The van der Waals surface area contributed by atoms with Crippen LogP contribution in [0.25, 0.3) is 11.1 Å². The van der Waals surface area contributed by atoms with Crippen molar-refractivity contribution in [1.29, 1.82) is 0 Å². The van der Waals surface area contributed by atoms with Gasteiger partial charge in [0.1, 0.15) is 0 Å². The summed E-state index contributed by atoms with van der Waals surface area (Å²) < 4.78 is -0.896. The molecule has 78 valence electrons. The van der Waals surface area contributed by atoms with Gasteiger partial charge >= 0.3 is 0 Å². The molecule has 0 heterocycles. The van der Waals surface area contributed by atoms with Crippen LogP contribution in [0.4, 0.5) is 0 Å². The largest absolute Gasteiger partial charge is 0.169 e. The molecule has 0 atom stereocenters. The van der Waals surface area contributed by atoms with Crippen LogP contribution in [0, 0.1) is 0 Å². The van der Waals surface area contributed by atoms with Gasteiger partial charge in [0.05, 0.1) is 0 Å². The van der Waals surface area contributed by atoms with E-state index >= 15 is 0 Å². The number of rotatable bonds is 0. The van der Waals surface area contributed by atoms with Gasteiger partial charge in [-0.2, -0.15) is 0 Å². The minimum Gasteiger partial charge on any atom is -0.0909 e. The van der Waals surface area contributed by atoms with Crippen molar-refractivity contribution in [2.75, 3.05) is 0 Å². The van der Waals surface area contributed by atoms with Crippen LogP contribution in [-0.2, 0) is 30.5 Å². The maximum atomic E-state index is 6.39. The predicted octanol–water partition coefficient (Wildman–Crippen LogP) is 4.34. The first-order chi connectivity index (χ1) is 7.21. The average molecular weight is 326 g/mol. The molecule has 0 saturated carbocycles. The van der Waals surface area contributed by atoms with E-state index in [1.807, 2.05) is 36.4 Å². The normalized spacial score (nSPS) is 14.9. The number of fused-ring (bicyclic) bond motifs is 3. The SMILES string of the molecule is ClC1(Cl)c2ccccc2-c2ccccc21.[Zr]. The number of alkyl halides is 2. The molecule has 1 aliphatic rings. The smallest absolute Gasteiger partial charge is 0.0909 e. The van der Waals surface area contributed by atoms with Crippen LogP contribution in [-0.4, -0.2) is 0 Å². The van der Waals surface area contributed by atoms with Crippen molar-refractivity contribution in [1.82, 2.24) is 0 Å². The van der Waals surface area contributed by atoms with Gasteiger partial charge < -0.3 is 0 Å². The Balaban J connectivity index is 0.000000963. The molecule has 3 rings (SSSR count). The molecule has 0 bridgehead atoms. The number of benzene rings is 2. The van der Waals surface area contributed by atoms with Gasteiger partial charge in [-0.1, -0.05) is 71.7 Å². The van der Waals surface area contributed by atoms with E-state index in [0.29, 0.717) is 0 Å². The quantitative estimate of drug-likeness (QED) is 0.632. The third kappa shape index (κ3) is 1.61. The molecule has 0 saturated heterocycles. The third-order valence-electron chi connectivity index (χ3n) is 2.82. The fourth-order valence-electron chi connectivity index (χ4n) is 2.13. The minimum absolute atomic E-state index is 0. The van der Waals surface area contributed by atoms with Crippen molar-refractivity contribution in [2.45, 2.75) is 4.33 Å². The topological polar surface area (TPSA) is 0 Å². The van der Waals surface area contributed by atoms with Crippen molar-refractivity contribution in [2.24, 2.45) is 0 Å². The van der Waals surface area contributed by atoms with Gasteiger partial charge in [0.15, 0.2) is 4.33 Å². The predicted molar refractivity (Wildman–Crippen MR) is 64.4 cm³/mol. The van der Waals surface area contributed by atoms with Gasteiger partial charge in [-0.25, -0.2) is 0 Å². The van der Waals surface area contributed by atoms with Crippen LogP contribution < -0.4 is 0 Å². The summed E-state index contributed by atoms with van der Waals surface area (Å²) in [6.07, 6.45) is 0. The van der Waals surface area contributed by atoms with Gasteiger partial charge in [0.25, 0.3) is 0 Å². The van der Waals surface area contributed by atoms with Gasteiger partial charge in [-0.3, -0.25) is 0 Å². The maximum absolute atomic E-state index is 6.39. The summed E-state index contributed by atoms with van der Waals surface area (Å²) in [7, 11) is 0. The van der Waals surface area contributed by atoms with Gasteiger partial charge in [-0.15, -0.1) is 0 Å². The molecule has 0 fully saturated rings. The summed E-state index contributed by atoms with van der Waals surface area (Å²) in [6, 6.07) is 16.0. The Labute approximate surface area is 124 Å². The molecule has 3 heteroatoms. The Morgan fingerprint density at radius 1 is 0.688 bits per heavy atom. The second-order valence-corrected chi connectivity index (χ2v) is 4.99. The molecule has 0 radical (unpaired) electrons. The van der Waals surface area contributed by atoms with E-state index in [0.717, 1.165) is 22.3 Å². The monoisotopic (exact) mass is 324 g/mol. The Bertz CT molecular complexity index is 487. The number of hydrogen-bond acceptors (Lipinski definition) is 0. The first-order valence-corrected chi connectivity index (χ1v) is 5.54. The number of hydrogen-bond donors (Lipinski definition) is 0. The van der Waals surface area contributed by atoms with Crippen LogP contribution in [0.3, 0.4) is 0 Å². The standard InChI is InChI=1S/C13H8Cl2.Zr/c14-13(15)11-7-3-1-5-9(11)10-6-2-4-8-12(10)13;/h1-8H;. The summed E-state index contributed by atoms with van der Waals surface area (Å²) >= 11 is 12.8. The van der Waals surface area contributed by atoms with Crippen molar-refractivity contribution < 1.29 is 26.2 Å². The summed E-state index contributed by atoms with van der Waals surface area (Å²) in [5.41, 5.74) is 4.24. The number of halogens is 2. The van der Waals surface area contributed by atoms with Gasteiger partial charge in [-0.05, 0) is 11.1 Å². The molecule has 0 aromatic heterocycles. The second kappa shape index (κ2) is 4.29. The summed E-state index contributed by atoms with van der Waals surface area (Å²) in [4.78, 5) is 0. The molecule has 0 spiro atoms. The Hall–Kier alpha value is -0.0969. The van der Waals surface area contributed by atoms with E-state index in [1.165, 1.54) is 0 Å². The first-order valence-electron chi connectivity index (χ1n) is 4.78. The minimum atomic E-state index is -0.896. The summed E-state index contributed by atoms with van der Waals surface area (Å²) in [5, 5.41) is 0. The summed E-state index contributed by atoms with van der Waals surface area (Å²) in [6.45, 7) is 0. The van der Waals surface area contributed by atoms with E-state index in [1.54, 1.807) is 0 Å². The molecule has 2 aromatic rings. The van der Waals surface area contributed by atoms with E-state index in [4.69, 9.17) is 23.2 Å². The maximum Gasteiger partial charge on any atom is 0.169 e. The third-order valence-corrected chi connectivity index (χ3v) is 3.64. The van der Waals surface area contributed by atoms with E-state index in [2.05, 4.69) is 12.1 Å². The van der Waals surface area contributed by atoms with Gasteiger partial charge in [0.2, 0.25) is 0 Å². The van der Waals surface area contributed by atoms with Crippen molar-refractivity contribution >= 4 is 23.2 Å². The fourth-order valence-corrected chi connectivity index (χ4v) is 2.79. The molecule has 2 aromatic carbocycles. The van der Waals surface area contributed by atoms with Crippen LogP contribution in [0.5, 0.6) is 0 Å². The first kappa shape index (κ1) is 12.4. The molecule has 0 aliphatic heterocycles. The Morgan fingerprint density at radius 3 is 1.50 bits per heavy atom. The molecule has 0 amide bonds. The molecular weight excluding hydrogens is 318 g/mol. The zero-order chi connectivity index (χ0) is 10.5. The Morgan fingerprint density at radius 2 is 1.06 bits per heavy atom. The van der Waals surface area contributed by atoms with Crippen LogP contribution >= 0.6 is 23.2 Å². The van der Waals surface area contributed by atoms with Crippen molar-refractivity contribution in [3.05, 3.63) is 59.7 Å². The summed E-state index contributed by atoms with van der Waals surface area (Å²) in [5.74, 6) is 0. The molecule has 16 heavy (non-hydrogen) atoms. The van der Waals surface area contributed by atoms with Gasteiger partial charge in [0, 0.05) is 37.3 Å². The van der Waals surface area contributed by atoms with Crippen molar-refractivity contribution in [3.63, 3.8) is 0 Å². The van der Waals surface area contributed by atoms with Crippen LogP contribution in [0.2, 0.25) is 0 Å². The molecule has 1 aliphatic carbocycles. The average Bonchev–Trinajstić information content (AvgIpc) is 2.51. The van der Waals surface area contributed by atoms with Crippen molar-refractivity contribution in [3.8, 4) is 11.1 Å². The van der Waals surface area contributed by atoms with Crippen LogP contribution in [0.15, 0.2) is 48.5 Å². The van der Waals surface area contributed by atoms with E-state index in [9.17, 15) is 0 Å². The van der Waals surface area contributed by atoms with E-state index < -0.39 is 4.33 Å². The zero-order valence-corrected chi connectivity index (χ0v) is 12.3. The molecule has 0 nitrogen and oxygen atoms in total. The second-order valence-electron chi connectivity index (χ2n) is 3.67. The van der Waals surface area contributed by atoms with E-state index in [-0.39, 0.29) is 26.2 Å².